The van der Waals surface area contributed by atoms with Gasteiger partial charge in [-0.15, -0.1) is 11.3 Å². The van der Waals surface area contributed by atoms with Gasteiger partial charge in [0.05, 0.1) is 5.51 Å². The molecule has 2 N–H and O–H groups in total. The Morgan fingerprint density at radius 2 is 1.90 bits per heavy atom. The van der Waals surface area contributed by atoms with Crippen molar-refractivity contribution in [3.63, 3.8) is 0 Å². The predicted molar refractivity (Wildman–Crippen MR) is 37.2 cm³/mol. The average Bonchev–Trinajstić information content (AvgIpc) is 2.17. The molecule has 0 aliphatic rings. The van der Waals surface area contributed by atoms with Gasteiger partial charge >= 0.3 is 37.7 Å². The third-order valence-corrected chi connectivity index (χ3v) is 0.869. The molecule has 0 aliphatic carbocycles. The van der Waals surface area contributed by atoms with Crippen LogP contribution in [0.1, 0.15) is 0 Å². The van der Waals surface area contributed by atoms with Gasteiger partial charge in [-0.2, -0.15) is 0 Å². The van der Waals surface area contributed by atoms with Crippen molar-refractivity contribution in [2.75, 3.05) is 0 Å². The normalized spacial score (nSPS) is 5.40. The van der Waals surface area contributed by atoms with Gasteiger partial charge in [-0.25, -0.2) is 7.69 Å². The molecule has 0 amide bonds. The second kappa shape index (κ2) is 16.4. The van der Waals surface area contributed by atoms with E-state index >= 15 is 0 Å². The summed E-state index contributed by atoms with van der Waals surface area (Å²) in [4.78, 5) is 3.74. The Bertz CT molecular complexity index is 90.6. The van der Waals surface area contributed by atoms with E-state index in [1.54, 1.807) is 23.0 Å². The molecule has 1 radical (unpaired) electrons. The van der Waals surface area contributed by atoms with E-state index in [4.69, 9.17) is 10.0 Å². The van der Waals surface area contributed by atoms with Crippen LogP contribution in [0.25, 0.3) is 0 Å². The van der Waals surface area contributed by atoms with Crippen LogP contribution >= 0.6 is 11.3 Å². The zero-order valence-corrected chi connectivity index (χ0v) is 8.21. The van der Waals surface area contributed by atoms with Gasteiger partial charge in [-0.1, -0.05) is 0 Å². The van der Waals surface area contributed by atoms with E-state index in [0.29, 0.717) is 0 Å². The van der Waals surface area contributed by atoms with E-state index in [-0.39, 0.29) is 43.2 Å². The maximum atomic E-state index is 8.25. The smallest absolute Gasteiger partial charge is 0.900 e. The van der Waals surface area contributed by atoms with Crippen molar-refractivity contribution in [1.29, 1.82) is 0 Å². The molecule has 0 unspecified atom stereocenters. The van der Waals surface area contributed by atoms with Crippen molar-refractivity contribution in [1.82, 2.24) is 4.98 Å². The summed E-state index contributed by atoms with van der Waals surface area (Å²) in [6, 6.07) is 0. The van der Waals surface area contributed by atoms with E-state index in [0.717, 1.165) is 0 Å². The number of nitrogens with zero attached hydrogens (tertiary/aromatic N) is 1. The average molecular weight is 186 g/mol. The monoisotopic (exact) mass is 186 g/mol. The van der Waals surface area contributed by atoms with Crippen LogP contribution in [0.2, 0.25) is 0 Å². The maximum absolute atomic E-state index is 8.25. The Balaban J connectivity index is -0.0000000900. The fourth-order valence-corrected chi connectivity index (χ4v) is 0.527. The van der Waals surface area contributed by atoms with Crippen LogP contribution in [-0.4, -0.2) is 55.9 Å². The summed E-state index contributed by atoms with van der Waals surface area (Å²) in [5.74, 6) is 0. The van der Waals surface area contributed by atoms with Crippen molar-refractivity contribution in [3.8, 4) is 0 Å². The zero-order chi connectivity index (χ0) is 6.24. The standard InChI is InChI=1S/C3H3NS.BO2.Ca.H2O/c1-2-5-3-4-1;2-1-3;;/h1-3H;;;1H2/q;-2;+2;. The minimum absolute atomic E-state index is 0. The first kappa shape index (κ1) is 17.1. The van der Waals surface area contributed by atoms with Crippen molar-refractivity contribution in [2.24, 2.45) is 0 Å². The van der Waals surface area contributed by atoms with Crippen LogP contribution in [0.5, 0.6) is 0 Å². The molecule has 1 rings (SSSR count). The van der Waals surface area contributed by atoms with Gasteiger partial charge in [0.2, 0.25) is 0 Å². The Hall–Kier alpha value is 0.835. The zero-order valence-electron chi connectivity index (χ0n) is 5.19. The van der Waals surface area contributed by atoms with E-state index in [1.165, 1.54) is 0 Å². The molecule has 0 spiro atoms. The minimum atomic E-state index is -0.500. The molecule has 0 bridgehead atoms. The molecule has 0 atom stereocenters. The molecule has 0 fully saturated rings. The molecular formula is C3H5BCaNO3S. The van der Waals surface area contributed by atoms with Crippen LogP contribution in [0, 0.1) is 0 Å². The number of aromatic nitrogens is 1. The quantitative estimate of drug-likeness (QED) is 0.409. The third-order valence-electron chi connectivity index (χ3n) is 0.347. The van der Waals surface area contributed by atoms with Crippen molar-refractivity contribution >= 4 is 56.8 Å². The molecule has 0 saturated carbocycles. The van der Waals surface area contributed by atoms with E-state index in [1.807, 2.05) is 5.38 Å². The summed E-state index contributed by atoms with van der Waals surface area (Å²) < 4.78 is 0. The third kappa shape index (κ3) is 15.9. The Morgan fingerprint density at radius 3 is 2.00 bits per heavy atom. The van der Waals surface area contributed by atoms with Gasteiger partial charge in [0.1, 0.15) is 0 Å². The topological polar surface area (TPSA) is 90.5 Å². The summed E-state index contributed by atoms with van der Waals surface area (Å²) in [6.07, 6.45) is 1.77. The fourth-order valence-electron chi connectivity index (χ4n) is 0.176. The number of hydrogen-bond donors (Lipinski definition) is 0. The summed E-state index contributed by atoms with van der Waals surface area (Å²) in [5, 5.41) is 18.4. The Kier molecular flexibility index (Phi) is 28.1. The number of thiazole rings is 1. The Morgan fingerprint density at radius 1 is 1.40 bits per heavy atom. The molecule has 7 heteroatoms. The molecule has 1 heterocycles. The van der Waals surface area contributed by atoms with E-state index in [9.17, 15) is 0 Å². The van der Waals surface area contributed by atoms with Gasteiger partial charge in [-0.3, -0.25) is 4.98 Å². The molecule has 10 heavy (non-hydrogen) atoms. The largest absolute Gasteiger partial charge is 2.00 e. The van der Waals surface area contributed by atoms with Crippen LogP contribution in [0.15, 0.2) is 17.1 Å². The molecule has 0 aliphatic heterocycles. The number of rotatable bonds is 0. The molecule has 0 aromatic carbocycles. The maximum Gasteiger partial charge on any atom is 2.00 e. The second-order valence-electron chi connectivity index (χ2n) is 0.772. The van der Waals surface area contributed by atoms with Crippen LogP contribution in [0.4, 0.5) is 0 Å². The first-order chi connectivity index (χ1) is 3.91. The summed E-state index contributed by atoms with van der Waals surface area (Å²) >= 11 is 1.60. The van der Waals surface area contributed by atoms with Crippen LogP contribution in [-0.2, 0) is 0 Å². The van der Waals surface area contributed by atoms with Crippen molar-refractivity contribution in [2.45, 2.75) is 0 Å². The minimum Gasteiger partial charge on any atom is -0.900 e. The fraction of sp³-hybridized carbons (Fsp3) is 0. The summed E-state index contributed by atoms with van der Waals surface area (Å²) in [5.41, 5.74) is 1.79. The molecular weight excluding hydrogens is 181 g/mol. The van der Waals surface area contributed by atoms with Gasteiger partial charge in [0.15, 0.2) is 0 Å². The SMILES string of the molecule is O.[Ca+2].[O-][B][O-].c1cscn1. The number of hydrogen-bond acceptors (Lipinski definition) is 4. The molecule has 1 aromatic rings. The van der Waals surface area contributed by atoms with Crippen LogP contribution in [0.3, 0.4) is 0 Å². The molecule has 1 aromatic heterocycles. The van der Waals surface area contributed by atoms with Crippen molar-refractivity contribution in [3.05, 3.63) is 17.1 Å². The second-order valence-corrected chi connectivity index (χ2v) is 1.53. The molecule has 0 saturated heterocycles. The first-order valence-corrected chi connectivity index (χ1v) is 2.74. The van der Waals surface area contributed by atoms with Gasteiger partial charge < -0.3 is 15.5 Å². The van der Waals surface area contributed by atoms with Crippen molar-refractivity contribution < 1.29 is 15.5 Å². The van der Waals surface area contributed by atoms with Gasteiger partial charge in [0.25, 0.3) is 0 Å². The first-order valence-electron chi connectivity index (χ1n) is 1.79. The molecule has 4 nitrogen and oxygen atoms in total. The van der Waals surface area contributed by atoms with Gasteiger partial charge in [-0.05, 0) is 0 Å². The predicted octanol–water partition coefficient (Wildman–Crippen LogP) is -2.82. The Labute approximate surface area is 93.5 Å². The van der Waals surface area contributed by atoms with Gasteiger partial charge in [0, 0.05) is 11.6 Å². The molecule has 51 valence electrons. The van der Waals surface area contributed by atoms with E-state index < -0.39 is 7.69 Å². The summed E-state index contributed by atoms with van der Waals surface area (Å²) in [7, 11) is -0.500. The van der Waals surface area contributed by atoms with E-state index in [2.05, 4.69) is 4.98 Å². The summed E-state index contributed by atoms with van der Waals surface area (Å²) in [6.45, 7) is 0. The van der Waals surface area contributed by atoms with Crippen LogP contribution < -0.4 is 10.0 Å².